The van der Waals surface area contributed by atoms with Crippen LogP contribution in [-0.4, -0.2) is 20.3 Å². The summed E-state index contributed by atoms with van der Waals surface area (Å²) in [6.45, 7) is 3.57. The zero-order valence-electron chi connectivity index (χ0n) is 16.1. The Morgan fingerprint density at radius 3 is 2.75 bits per heavy atom. The molecular weight excluding hydrogens is 471 g/mol. The third-order valence-electron chi connectivity index (χ3n) is 5.28. The summed E-state index contributed by atoms with van der Waals surface area (Å²) in [5.41, 5.74) is 1.94. The number of fused-ring (bicyclic) bond motifs is 1. The standard InChI is InChI=1S/C21H26IN2O4/c1-2-26-14-17-12-20(25)23-21-24(17)13-19(27-21)22-28-18-10-8-16(9-11-18)15-6-4-3-5-7-15/h8-12,15,19H,2-7,13-14H2,1H3/q-1/t19-/m0/s1. The Morgan fingerprint density at radius 2 is 2.00 bits per heavy atom. The van der Waals surface area contributed by atoms with Crippen LogP contribution in [0.15, 0.2) is 35.1 Å². The average Bonchev–Trinajstić information content (AvgIpc) is 3.14. The first-order valence-corrected chi connectivity index (χ1v) is 12.1. The second-order valence-corrected chi connectivity index (χ2v) is 9.55. The van der Waals surface area contributed by atoms with E-state index in [-0.39, 0.29) is 9.67 Å². The molecule has 2 aliphatic rings. The van der Waals surface area contributed by atoms with Gasteiger partial charge in [0, 0.05) is 0 Å². The molecule has 2 heterocycles. The van der Waals surface area contributed by atoms with Gasteiger partial charge in [0.2, 0.25) is 0 Å². The number of rotatable bonds is 7. The molecule has 0 unspecified atom stereocenters. The van der Waals surface area contributed by atoms with Crippen molar-refractivity contribution in [2.24, 2.45) is 0 Å². The van der Waals surface area contributed by atoms with E-state index >= 15 is 0 Å². The molecule has 1 fully saturated rings. The van der Waals surface area contributed by atoms with E-state index < -0.39 is 21.6 Å². The molecule has 152 valence electrons. The minimum atomic E-state index is -0.693. The maximum absolute atomic E-state index is 11.8. The zero-order valence-corrected chi connectivity index (χ0v) is 18.3. The molecule has 1 aromatic heterocycles. The van der Waals surface area contributed by atoms with E-state index in [0.717, 1.165) is 11.4 Å². The number of aromatic nitrogens is 2. The van der Waals surface area contributed by atoms with Gasteiger partial charge in [-0.3, -0.25) is 0 Å². The number of benzene rings is 1. The summed E-state index contributed by atoms with van der Waals surface area (Å²) in [5, 5.41) is 0. The monoisotopic (exact) mass is 497 g/mol. The molecule has 6 nitrogen and oxygen atoms in total. The first kappa shape index (κ1) is 19.7. The number of ether oxygens (including phenoxy) is 2. The molecule has 0 bridgehead atoms. The van der Waals surface area contributed by atoms with Crippen LogP contribution in [0.5, 0.6) is 11.8 Å². The molecule has 7 heteroatoms. The van der Waals surface area contributed by atoms with Gasteiger partial charge in [-0.05, 0) is 0 Å². The van der Waals surface area contributed by atoms with Crippen LogP contribution >= 0.6 is 0 Å². The van der Waals surface area contributed by atoms with Gasteiger partial charge in [0.05, 0.1) is 0 Å². The van der Waals surface area contributed by atoms with E-state index in [9.17, 15) is 4.79 Å². The molecular formula is C21H26IN2O4-. The Hall–Kier alpha value is -1.61. The van der Waals surface area contributed by atoms with Crippen LogP contribution in [0.3, 0.4) is 0 Å². The van der Waals surface area contributed by atoms with Gasteiger partial charge in [0.25, 0.3) is 0 Å². The SMILES string of the molecule is CCOCc1cc(=O)nc2n1C[C@@H]([I-]Oc1ccc(C3CCCCC3)cc1)O2. The predicted molar refractivity (Wildman–Crippen MR) is 101 cm³/mol. The molecule has 1 aliphatic heterocycles. The molecule has 0 spiro atoms. The summed E-state index contributed by atoms with van der Waals surface area (Å²) < 4.78 is 19.2. The molecule has 0 radical (unpaired) electrons. The van der Waals surface area contributed by atoms with Gasteiger partial charge >= 0.3 is 176 Å². The second kappa shape index (κ2) is 9.26. The van der Waals surface area contributed by atoms with E-state index in [1.807, 2.05) is 11.5 Å². The van der Waals surface area contributed by atoms with Crippen molar-refractivity contribution in [2.75, 3.05) is 6.61 Å². The van der Waals surface area contributed by atoms with Crippen LogP contribution in [0.25, 0.3) is 0 Å². The van der Waals surface area contributed by atoms with Crippen molar-refractivity contribution >= 4 is 0 Å². The van der Waals surface area contributed by atoms with Crippen molar-refractivity contribution < 1.29 is 34.2 Å². The number of halogens is 1. The average molecular weight is 497 g/mol. The Kier molecular flexibility index (Phi) is 6.51. The van der Waals surface area contributed by atoms with Crippen LogP contribution < -0.4 is 35.0 Å². The number of hydrogen-bond acceptors (Lipinski definition) is 5. The molecule has 0 saturated heterocycles. The fraction of sp³-hybridized carbons (Fsp3) is 0.524. The van der Waals surface area contributed by atoms with E-state index in [4.69, 9.17) is 12.5 Å². The van der Waals surface area contributed by atoms with Crippen molar-refractivity contribution in [1.82, 2.24) is 9.55 Å². The third kappa shape index (κ3) is 4.68. The Balaban J connectivity index is 1.35. The van der Waals surface area contributed by atoms with Gasteiger partial charge in [0.15, 0.2) is 0 Å². The number of hydrogen-bond donors (Lipinski definition) is 0. The van der Waals surface area contributed by atoms with Gasteiger partial charge in [-0.15, -0.1) is 0 Å². The van der Waals surface area contributed by atoms with E-state index in [1.165, 1.54) is 43.7 Å². The molecule has 0 N–H and O–H groups in total. The predicted octanol–water partition coefficient (Wildman–Crippen LogP) is 0.629. The Morgan fingerprint density at radius 1 is 1.21 bits per heavy atom. The number of alkyl halides is 1. The number of nitrogens with zero attached hydrogens (tertiary/aromatic N) is 2. The van der Waals surface area contributed by atoms with Crippen molar-refractivity contribution in [2.45, 2.75) is 62.2 Å². The van der Waals surface area contributed by atoms with Crippen LogP contribution in [0.1, 0.15) is 56.2 Å². The van der Waals surface area contributed by atoms with Crippen molar-refractivity contribution in [1.29, 1.82) is 0 Å². The summed E-state index contributed by atoms with van der Waals surface area (Å²) in [7, 11) is 0. The molecule has 28 heavy (non-hydrogen) atoms. The van der Waals surface area contributed by atoms with Crippen molar-refractivity contribution in [3.8, 4) is 11.8 Å². The molecule has 1 aliphatic carbocycles. The van der Waals surface area contributed by atoms with E-state index in [2.05, 4.69) is 29.2 Å². The van der Waals surface area contributed by atoms with Crippen LogP contribution in [0.2, 0.25) is 0 Å². The summed E-state index contributed by atoms with van der Waals surface area (Å²) in [6, 6.07) is 10.5. The molecule has 2 aromatic rings. The van der Waals surface area contributed by atoms with E-state index in [0.29, 0.717) is 31.7 Å². The fourth-order valence-corrected chi connectivity index (χ4v) is 5.57. The molecule has 1 atom stereocenters. The molecule has 1 saturated carbocycles. The van der Waals surface area contributed by atoms with Crippen LogP contribution in [0.4, 0.5) is 0 Å². The third-order valence-corrected chi connectivity index (χ3v) is 7.25. The first-order chi connectivity index (χ1) is 13.7. The van der Waals surface area contributed by atoms with Gasteiger partial charge < -0.3 is 0 Å². The molecule has 1 aromatic carbocycles. The van der Waals surface area contributed by atoms with E-state index in [1.54, 1.807) is 0 Å². The van der Waals surface area contributed by atoms with Gasteiger partial charge in [-0.25, -0.2) is 0 Å². The summed E-state index contributed by atoms with van der Waals surface area (Å²) in [6.07, 6.45) is 6.67. The second-order valence-electron chi connectivity index (χ2n) is 7.21. The quantitative estimate of drug-likeness (QED) is 0.415. The first-order valence-electron chi connectivity index (χ1n) is 9.98. The summed E-state index contributed by atoms with van der Waals surface area (Å²) in [5.74, 6) is 1.60. The Bertz CT molecular complexity index is 846. The van der Waals surface area contributed by atoms with Gasteiger partial charge in [-0.1, -0.05) is 0 Å². The van der Waals surface area contributed by atoms with Crippen LogP contribution in [0, 0.1) is 0 Å². The summed E-state index contributed by atoms with van der Waals surface area (Å²) in [4.78, 5) is 15.8. The molecule has 0 amide bonds. The maximum atomic E-state index is 11.8. The topological polar surface area (TPSA) is 62.6 Å². The zero-order chi connectivity index (χ0) is 19.3. The van der Waals surface area contributed by atoms with Gasteiger partial charge in [0.1, 0.15) is 0 Å². The van der Waals surface area contributed by atoms with Crippen molar-refractivity contribution in [3.63, 3.8) is 0 Å². The normalized spacial score (nSPS) is 19.4. The van der Waals surface area contributed by atoms with Crippen molar-refractivity contribution in [3.05, 3.63) is 51.9 Å². The minimum absolute atomic E-state index is 0.0634. The Labute approximate surface area is 176 Å². The van der Waals surface area contributed by atoms with Gasteiger partial charge in [-0.2, -0.15) is 0 Å². The fourth-order valence-electron chi connectivity index (χ4n) is 3.81. The van der Waals surface area contributed by atoms with Crippen LogP contribution in [-0.2, 0) is 17.9 Å². The molecule has 4 rings (SSSR count). The summed E-state index contributed by atoms with van der Waals surface area (Å²) >= 11 is -0.693.